The minimum atomic E-state index is -0.212. The Labute approximate surface area is 132 Å². The van der Waals surface area contributed by atoms with E-state index in [1.165, 1.54) is 0 Å². The van der Waals surface area contributed by atoms with Crippen molar-refractivity contribution in [2.45, 2.75) is 45.6 Å². The van der Waals surface area contributed by atoms with Crippen molar-refractivity contribution in [3.8, 4) is 5.75 Å². The monoisotopic (exact) mass is 306 g/mol. The van der Waals surface area contributed by atoms with Crippen LogP contribution in [0.4, 0.5) is 10.5 Å². The lowest BCUT2D eigenvalue weighted by atomic mass is 10.1. The van der Waals surface area contributed by atoms with Crippen LogP contribution in [0.5, 0.6) is 5.75 Å². The molecular formula is C17H26N2O3. The van der Waals surface area contributed by atoms with Gasteiger partial charge in [-0.2, -0.15) is 0 Å². The van der Waals surface area contributed by atoms with Crippen LogP contribution in [0.3, 0.4) is 0 Å². The molecule has 122 valence electrons. The lowest BCUT2D eigenvalue weighted by molar-refractivity contribution is 0.203. The highest BCUT2D eigenvalue weighted by Gasteiger charge is 2.27. The van der Waals surface area contributed by atoms with Crippen LogP contribution in [-0.4, -0.2) is 30.4 Å². The number of hydrogen-bond acceptors (Lipinski definition) is 3. The van der Waals surface area contributed by atoms with Gasteiger partial charge in [-0.05, 0) is 49.9 Å². The van der Waals surface area contributed by atoms with E-state index in [4.69, 9.17) is 4.74 Å². The smallest absolute Gasteiger partial charge is 0.319 e. The van der Waals surface area contributed by atoms with Gasteiger partial charge in [0.1, 0.15) is 5.75 Å². The minimum Gasteiger partial charge on any atom is -0.494 e. The lowest BCUT2D eigenvalue weighted by Crippen LogP contribution is -2.41. The molecule has 1 aromatic carbocycles. The zero-order chi connectivity index (χ0) is 15.9. The van der Waals surface area contributed by atoms with Crippen molar-refractivity contribution in [3.63, 3.8) is 0 Å². The summed E-state index contributed by atoms with van der Waals surface area (Å²) in [6, 6.07) is 5.51. The molecule has 0 aliphatic heterocycles. The predicted octanol–water partition coefficient (Wildman–Crippen LogP) is 3.07. The Hall–Kier alpha value is -1.75. The Kier molecular flexibility index (Phi) is 6.07. The quantitative estimate of drug-likeness (QED) is 0.756. The third-order valence-corrected chi connectivity index (χ3v) is 4.13. The summed E-state index contributed by atoms with van der Waals surface area (Å²) in [7, 11) is 0. The lowest BCUT2D eigenvalue weighted by Gasteiger charge is -2.20. The SMILES string of the molecule is CCCOc1ccc(NC(=O)N[C@H]2CCC[C@H]2CO)c(C)c1. The molecule has 22 heavy (non-hydrogen) atoms. The van der Waals surface area contributed by atoms with Gasteiger partial charge in [-0.1, -0.05) is 13.3 Å². The fourth-order valence-corrected chi connectivity index (χ4v) is 2.86. The largest absolute Gasteiger partial charge is 0.494 e. The van der Waals surface area contributed by atoms with E-state index in [1.54, 1.807) is 0 Å². The standard InChI is InChI=1S/C17H26N2O3/c1-3-9-22-14-7-8-15(12(2)10-14)18-17(21)19-16-6-4-5-13(16)11-20/h7-8,10,13,16,20H,3-6,9,11H2,1-2H3,(H2,18,19,21)/t13-,16-/m0/s1. The van der Waals surface area contributed by atoms with E-state index in [9.17, 15) is 9.90 Å². The van der Waals surface area contributed by atoms with E-state index >= 15 is 0 Å². The van der Waals surface area contributed by atoms with Gasteiger partial charge in [0.05, 0.1) is 6.61 Å². The molecule has 0 spiro atoms. The summed E-state index contributed by atoms with van der Waals surface area (Å²) < 4.78 is 5.58. The Balaban J connectivity index is 1.91. The first-order valence-corrected chi connectivity index (χ1v) is 8.06. The van der Waals surface area contributed by atoms with Crippen molar-refractivity contribution in [1.82, 2.24) is 5.32 Å². The number of aliphatic hydroxyl groups excluding tert-OH is 1. The molecule has 1 aliphatic rings. The summed E-state index contributed by atoms with van der Waals surface area (Å²) >= 11 is 0. The number of aliphatic hydroxyl groups is 1. The number of anilines is 1. The summed E-state index contributed by atoms with van der Waals surface area (Å²) in [5.41, 5.74) is 1.74. The summed E-state index contributed by atoms with van der Waals surface area (Å²) in [6.07, 6.45) is 3.93. The molecule has 1 saturated carbocycles. The molecule has 0 bridgehead atoms. The van der Waals surface area contributed by atoms with Crippen LogP contribution in [0, 0.1) is 12.8 Å². The molecule has 0 heterocycles. The Bertz CT molecular complexity index is 505. The molecule has 2 rings (SSSR count). The maximum absolute atomic E-state index is 12.1. The van der Waals surface area contributed by atoms with Gasteiger partial charge < -0.3 is 20.5 Å². The average molecular weight is 306 g/mol. The average Bonchev–Trinajstić information content (AvgIpc) is 2.94. The minimum absolute atomic E-state index is 0.0671. The third-order valence-electron chi connectivity index (χ3n) is 4.13. The van der Waals surface area contributed by atoms with Crippen molar-refractivity contribution >= 4 is 11.7 Å². The highest BCUT2D eigenvalue weighted by Crippen LogP contribution is 2.25. The molecular weight excluding hydrogens is 280 g/mol. The van der Waals surface area contributed by atoms with E-state index < -0.39 is 0 Å². The van der Waals surface area contributed by atoms with Crippen LogP contribution in [-0.2, 0) is 0 Å². The number of ether oxygens (including phenoxy) is 1. The molecule has 1 fully saturated rings. The first-order chi connectivity index (χ1) is 10.6. The Morgan fingerprint density at radius 3 is 2.91 bits per heavy atom. The number of amides is 2. The van der Waals surface area contributed by atoms with Gasteiger partial charge in [-0.3, -0.25) is 0 Å². The maximum Gasteiger partial charge on any atom is 0.319 e. The second-order valence-corrected chi connectivity index (χ2v) is 5.90. The van der Waals surface area contributed by atoms with Crippen molar-refractivity contribution in [2.24, 2.45) is 5.92 Å². The van der Waals surface area contributed by atoms with E-state index in [-0.39, 0.29) is 24.6 Å². The number of nitrogens with one attached hydrogen (secondary N) is 2. The zero-order valence-electron chi connectivity index (χ0n) is 13.4. The second kappa shape index (κ2) is 8.03. The van der Waals surface area contributed by atoms with Crippen LogP contribution in [0.15, 0.2) is 18.2 Å². The predicted molar refractivity (Wildman–Crippen MR) is 87.3 cm³/mol. The highest BCUT2D eigenvalue weighted by molar-refractivity contribution is 5.90. The third kappa shape index (κ3) is 4.37. The Morgan fingerprint density at radius 1 is 1.41 bits per heavy atom. The van der Waals surface area contributed by atoms with Crippen LogP contribution >= 0.6 is 0 Å². The zero-order valence-corrected chi connectivity index (χ0v) is 13.4. The van der Waals surface area contributed by atoms with Gasteiger partial charge in [-0.25, -0.2) is 4.79 Å². The van der Waals surface area contributed by atoms with Crippen molar-refractivity contribution < 1.29 is 14.6 Å². The van der Waals surface area contributed by atoms with Gasteiger partial charge >= 0.3 is 6.03 Å². The number of hydrogen-bond donors (Lipinski definition) is 3. The molecule has 2 atom stereocenters. The number of rotatable bonds is 6. The van der Waals surface area contributed by atoms with Crippen LogP contribution in [0.25, 0.3) is 0 Å². The highest BCUT2D eigenvalue weighted by atomic mass is 16.5. The molecule has 0 aromatic heterocycles. The summed E-state index contributed by atoms with van der Waals surface area (Å²) in [5.74, 6) is 0.998. The molecule has 0 unspecified atom stereocenters. The molecule has 1 aromatic rings. The van der Waals surface area contributed by atoms with Crippen molar-refractivity contribution in [3.05, 3.63) is 23.8 Å². The van der Waals surface area contributed by atoms with E-state index in [1.807, 2.05) is 25.1 Å². The fourth-order valence-electron chi connectivity index (χ4n) is 2.86. The number of carbonyl (C=O) groups is 1. The van der Waals surface area contributed by atoms with Gasteiger partial charge in [0, 0.05) is 24.3 Å². The van der Waals surface area contributed by atoms with Crippen LogP contribution in [0.2, 0.25) is 0 Å². The molecule has 5 heteroatoms. The number of carbonyl (C=O) groups excluding carboxylic acids is 1. The van der Waals surface area contributed by atoms with Crippen molar-refractivity contribution in [1.29, 1.82) is 0 Å². The van der Waals surface area contributed by atoms with Gasteiger partial charge in [0.2, 0.25) is 0 Å². The summed E-state index contributed by atoms with van der Waals surface area (Å²) in [4.78, 5) is 12.1. The molecule has 3 N–H and O–H groups in total. The Morgan fingerprint density at radius 2 is 2.23 bits per heavy atom. The first kappa shape index (κ1) is 16.6. The van der Waals surface area contributed by atoms with Crippen LogP contribution < -0.4 is 15.4 Å². The normalized spacial score (nSPS) is 20.7. The van der Waals surface area contributed by atoms with Crippen molar-refractivity contribution in [2.75, 3.05) is 18.5 Å². The molecule has 1 aliphatic carbocycles. The van der Waals surface area contributed by atoms with Crippen LogP contribution in [0.1, 0.15) is 38.2 Å². The molecule has 0 radical (unpaired) electrons. The fraction of sp³-hybridized carbons (Fsp3) is 0.588. The summed E-state index contributed by atoms with van der Waals surface area (Å²) in [5, 5.41) is 15.1. The van der Waals surface area contributed by atoms with E-state index in [2.05, 4.69) is 17.6 Å². The number of aryl methyl sites for hydroxylation is 1. The topological polar surface area (TPSA) is 70.6 Å². The molecule has 0 saturated heterocycles. The second-order valence-electron chi connectivity index (χ2n) is 5.90. The van der Waals surface area contributed by atoms with Gasteiger partial charge in [0.25, 0.3) is 0 Å². The van der Waals surface area contributed by atoms with Gasteiger partial charge in [-0.15, -0.1) is 0 Å². The molecule has 2 amide bonds. The molecule has 5 nitrogen and oxygen atoms in total. The first-order valence-electron chi connectivity index (χ1n) is 8.06. The number of benzene rings is 1. The maximum atomic E-state index is 12.1. The van der Waals surface area contributed by atoms with E-state index in [0.717, 1.165) is 42.7 Å². The van der Waals surface area contributed by atoms with E-state index in [0.29, 0.717) is 6.61 Å². The number of urea groups is 1. The van der Waals surface area contributed by atoms with Gasteiger partial charge in [0.15, 0.2) is 0 Å². The summed E-state index contributed by atoms with van der Waals surface area (Å²) in [6.45, 7) is 4.83.